The van der Waals surface area contributed by atoms with Crippen LogP contribution in [0.15, 0.2) is 6.07 Å². The van der Waals surface area contributed by atoms with Crippen molar-refractivity contribution in [3.05, 3.63) is 36.8 Å². The number of nitrogens with zero attached hydrogens (tertiary/aromatic N) is 1. The molecule has 1 rings (SSSR count). The molecule has 0 fully saturated rings. The van der Waals surface area contributed by atoms with E-state index in [1.807, 2.05) is 0 Å². The molecule has 0 saturated carbocycles. The van der Waals surface area contributed by atoms with Crippen LogP contribution in [0.5, 0.6) is 0 Å². The second kappa shape index (κ2) is 4.27. The zero-order valence-corrected chi connectivity index (χ0v) is 9.38. The minimum atomic E-state index is -4.78. The van der Waals surface area contributed by atoms with Crippen molar-refractivity contribution in [2.45, 2.75) is 6.18 Å². The molecule has 0 aliphatic carbocycles. The summed E-state index contributed by atoms with van der Waals surface area (Å²) in [5.41, 5.74) is -2.16. The zero-order valence-electron chi connectivity index (χ0n) is 7.11. The number of hydrogen-bond acceptors (Lipinski definition) is 2. The Morgan fingerprint density at radius 1 is 1.19 bits per heavy atom. The molecule has 0 heterocycles. The molecular weight excluding hydrogens is 293 g/mol. The second-order valence-electron chi connectivity index (χ2n) is 2.64. The monoisotopic (exact) mass is 293 g/mol. The van der Waals surface area contributed by atoms with Crippen LogP contribution < -0.4 is 0 Å². The first-order chi connectivity index (χ1) is 7.16. The molecule has 88 valence electrons. The molecule has 1 aromatic rings. The van der Waals surface area contributed by atoms with Crippen LogP contribution in [0.4, 0.5) is 18.9 Å². The Morgan fingerprint density at radius 2 is 1.69 bits per heavy atom. The summed E-state index contributed by atoms with van der Waals surface area (Å²) in [4.78, 5) is 9.45. The van der Waals surface area contributed by atoms with Gasteiger partial charge >= 0.3 is 11.9 Å². The average molecular weight is 294 g/mol. The highest BCUT2D eigenvalue weighted by Gasteiger charge is 2.37. The van der Waals surface area contributed by atoms with Crippen LogP contribution in [0.3, 0.4) is 0 Å². The molecule has 0 radical (unpaired) electrons. The van der Waals surface area contributed by atoms with Gasteiger partial charge in [-0.1, -0.05) is 34.8 Å². The van der Waals surface area contributed by atoms with E-state index in [-0.39, 0.29) is 0 Å². The molecule has 9 heteroatoms. The Kier molecular flexibility index (Phi) is 3.56. The van der Waals surface area contributed by atoms with Gasteiger partial charge in [0.05, 0.1) is 15.5 Å². The first-order valence-electron chi connectivity index (χ1n) is 3.55. The summed E-state index contributed by atoms with van der Waals surface area (Å²) < 4.78 is 37.1. The third kappa shape index (κ3) is 2.34. The lowest BCUT2D eigenvalue weighted by Crippen LogP contribution is -2.07. The summed E-state index contributed by atoms with van der Waals surface area (Å²) >= 11 is 16.0. The molecule has 0 aliphatic rings. The molecule has 0 atom stereocenters. The largest absolute Gasteiger partial charge is 0.417 e. The van der Waals surface area contributed by atoms with Gasteiger partial charge in [-0.2, -0.15) is 13.2 Å². The number of nitro groups is 1. The van der Waals surface area contributed by atoms with Gasteiger partial charge in [-0.3, -0.25) is 10.1 Å². The van der Waals surface area contributed by atoms with E-state index in [0.717, 1.165) is 0 Å². The third-order valence-corrected chi connectivity index (χ3v) is 2.77. The molecule has 0 saturated heterocycles. The van der Waals surface area contributed by atoms with Crippen LogP contribution >= 0.6 is 34.8 Å². The van der Waals surface area contributed by atoms with E-state index < -0.39 is 37.4 Å². The Labute approximate surface area is 102 Å². The van der Waals surface area contributed by atoms with Gasteiger partial charge in [-0.05, 0) is 6.07 Å². The van der Waals surface area contributed by atoms with E-state index in [1.54, 1.807) is 0 Å². The maximum Gasteiger partial charge on any atom is 0.417 e. The second-order valence-corrected chi connectivity index (χ2v) is 3.80. The summed E-state index contributed by atoms with van der Waals surface area (Å²) in [6.07, 6.45) is -4.78. The lowest BCUT2D eigenvalue weighted by molar-refractivity contribution is -0.384. The number of nitro benzene ring substituents is 1. The molecule has 0 spiro atoms. The molecule has 3 nitrogen and oxygen atoms in total. The minimum absolute atomic E-state index is 0.369. The van der Waals surface area contributed by atoms with Crippen molar-refractivity contribution >= 4 is 40.5 Å². The highest BCUT2D eigenvalue weighted by Crippen LogP contribution is 2.45. The Hall–Kier alpha value is -0.720. The molecule has 0 aromatic heterocycles. The maximum atomic E-state index is 12.4. The van der Waals surface area contributed by atoms with Gasteiger partial charge in [0.25, 0.3) is 0 Å². The Morgan fingerprint density at radius 3 is 2.06 bits per heavy atom. The lowest BCUT2D eigenvalue weighted by atomic mass is 10.2. The summed E-state index contributed by atoms with van der Waals surface area (Å²) in [5, 5.41) is 7.97. The van der Waals surface area contributed by atoms with Crippen molar-refractivity contribution in [1.29, 1.82) is 0 Å². The normalized spacial score (nSPS) is 11.6. The Balaban J connectivity index is 3.58. The fourth-order valence-corrected chi connectivity index (χ4v) is 1.80. The van der Waals surface area contributed by atoms with Crippen LogP contribution in [0, 0.1) is 10.1 Å². The SMILES string of the molecule is O=[N+]([O-])c1c(Cl)cc(C(F)(F)F)c(Cl)c1Cl. The minimum Gasteiger partial charge on any atom is -0.258 e. The van der Waals surface area contributed by atoms with Crippen LogP contribution in [0.2, 0.25) is 15.1 Å². The lowest BCUT2D eigenvalue weighted by Gasteiger charge is -2.10. The average Bonchev–Trinajstić information content (AvgIpc) is 2.09. The molecule has 1 aromatic carbocycles. The van der Waals surface area contributed by atoms with Crippen molar-refractivity contribution in [3.63, 3.8) is 0 Å². The quantitative estimate of drug-likeness (QED) is 0.432. The Bertz CT molecular complexity index is 461. The molecule has 0 bridgehead atoms. The van der Waals surface area contributed by atoms with Crippen LogP contribution in [0.25, 0.3) is 0 Å². The maximum absolute atomic E-state index is 12.4. The fourth-order valence-electron chi connectivity index (χ4n) is 0.959. The molecule has 0 amide bonds. The van der Waals surface area contributed by atoms with Crippen molar-refractivity contribution in [2.75, 3.05) is 0 Å². The van der Waals surface area contributed by atoms with Crippen molar-refractivity contribution in [3.8, 4) is 0 Å². The molecule has 16 heavy (non-hydrogen) atoms. The predicted octanol–water partition coefficient (Wildman–Crippen LogP) is 4.57. The van der Waals surface area contributed by atoms with Gasteiger partial charge < -0.3 is 0 Å². The predicted molar refractivity (Wildman–Crippen MR) is 53.1 cm³/mol. The number of benzene rings is 1. The van der Waals surface area contributed by atoms with Crippen molar-refractivity contribution in [1.82, 2.24) is 0 Å². The third-order valence-electron chi connectivity index (χ3n) is 1.62. The van der Waals surface area contributed by atoms with Gasteiger partial charge in [0.1, 0.15) is 10.0 Å². The van der Waals surface area contributed by atoms with Crippen LogP contribution in [-0.2, 0) is 6.18 Å². The van der Waals surface area contributed by atoms with Gasteiger partial charge in [-0.15, -0.1) is 0 Å². The summed E-state index contributed by atoms with van der Waals surface area (Å²) in [7, 11) is 0. The highest BCUT2D eigenvalue weighted by molar-refractivity contribution is 6.46. The van der Waals surface area contributed by atoms with Gasteiger partial charge in [0.15, 0.2) is 0 Å². The fraction of sp³-hybridized carbons (Fsp3) is 0.143. The standard InChI is InChI=1S/C7HCl3F3NO2/c8-3-1-2(7(11,12)13)4(9)5(10)6(3)14(15)16/h1H. The number of halogens is 6. The molecular formula is C7HCl3F3NO2. The number of rotatable bonds is 1. The molecule has 0 unspecified atom stereocenters. The zero-order chi connectivity index (χ0) is 12.7. The van der Waals surface area contributed by atoms with E-state index in [9.17, 15) is 23.3 Å². The van der Waals surface area contributed by atoms with Crippen molar-refractivity contribution in [2.24, 2.45) is 0 Å². The van der Waals surface area contributed by atoms with E-state index in [1.165, 1.54) is 0 Å². The van der Waals surface area contributed by atoms with E-state index in [0.29, 0.717) is 6.07 Å². The molecule has 0 aliphatic heterocycles. The van der Waals surface area contributed by atoms with Gasteiger partial charge in [0, 0.05) is 0 Å². The topological polar surface area (TPSA) is 43.1 Å². The first-order valence-corrected chi connectivity index (χ1v) is 4.68. The number of hydrogen-bond donors (Lipinski definition) is 0. The van der Waals surface area contributed by atoms with E-state index >= 15 is 0 Å². The van der Waals surface area contributed by atoms with E-state index in [4.69, 9.17) is 34.8 Å². The summed E-state index contributed by atoms with van der Waals surface area (Å²) in [5.74, 6) is 0. The van der Waals surface area contributed by atoms with Crippen LogP contribution in [-0.4, -0.2) is 4.92 Å². The smallest absolute Gasteiger partial charge is 0.258 e. The van der Waals surface area contributed by atoms with Crippen molar-refractivity contribution < 1.29 is 18.1 Å². The first kappa shape index (κ1) is 13.3. The summed E-state index contributed by atoms with van der Waals surface area (Å²) in [6.45, 7) is 0. The van der Waals surface area contributed by atoms with Gasteiger partial charge in [-0.25, -0.2) is 0 Å². The van der Waals surface area contributed by atoms with E-state index in [2.05, 4.69) is 0 Å². The molecule has 0 N–H and O–H groups in total. The summed E-state index contributed by atoms with van der Waals surface area (Å²) in [6, 6.07) is 0.369. The van der Waals surface area contributed by atoms with Crippen LogP contribution in [0.1, 0.15) is 5.56 Å². The van der Waals surface area contributed by atoms with Gasteiger partial charge in [0.2, 0.25) is 0 Å². The highest BCUT2D eigenvalue weighted by atomic mass is 35.5. The number of alkyl halides is 3.